The molecule has 0 saturated heterocycles. The number of hydrogen-bond donors (Lipinski definition) is 0. The number of para-hydroxylation sites is 4. The van der Waals surface area contributed by atoms with Gasteiger partial charge in [0, 0.05) is 48.3 Å². The van der Waals surface area contributed by atoms with Gasteiger partial charge >= 0.3 is 0 Å². The molecule has 1 radical (unpaired) electrons. The molecular formula is C54H59IrN3O-2. The minimum absolute atomic E-state index is 0. The van der Waals surface area contributed by atoms with Crippen molar-refractivity contribution < 1.29 is 35.5 Å². The first-order valence-corrected chi connectivity index (χ1v) is 20.0. The zero-order valence-corrected chi connectivity index (χ0v) is 38.0. The van der Waals surface area contributed by atoms with E-state index in [9.17, 15) is 0 Å². The minimum Gasteiger partial charge on any atom is -0.501 e. The van der Waals surface area contributed by atoms with E-state index >= 15 is 0 Å². The number of hydrogen-bond acceptors (Lipinski definition) is 3. The molecule has 307 valence electrons. The fourth-order valence-corrected chi connectivity index (χ4v) is 7.32. The van der Waals surface area contributed by atoms with Crippen LogP contribution in [0.3, 0.4) is 0 Å². The number of rotatable bonds is 7. The molecular weight excluding hydrogens is 899 g/mol. The Hall–Kier alpha value is -4.83. The Morgan fingerprint density at radius 3 is 2.10 bits per heavy atom. The Labute approximate surface area is 377 Å². The van der Waals surface area contributed by atoms with Gasteiger partial charge in [-0.2, -0.15) is 0 Å². The largest absolute Gasteiger partial charge is 0.501 e. The van der Waals surface area contributed by atoms with Crippen molar-refractivity contribution in [2.75, 3.05) is 0 Å². The van der Waals surface area contributed by atoms with Crippen LogP contribution in [0.2, 0.25) is 0 Å². The third kappa shape index (κ3) is 10.3. The number of aryl methyl sites for hydroxylation is 3. The van der Waals surface area contributed by atoms with E-state index in [0.717, 1.165) is 57.2 Å². The normalized spacial score (nSPS) is 14.8. The molecule has 8 rings (SSSR count). The first kappa shape index (κ1) is 33.9. The molecule has 3 aromatic heterocycles. The summed E-state index contributed by atoms with van der Waals surface area (Å²) in [6.45, 7) is 14.8. The van der Waals surface area contributed by atoms with Crippen molar-refractivity contribution in [1.82, 2.24) is 14.5 Å². The van der Waals surface area contributed by atoms with Gasteiger partial charge in [0.2, 0.25) is 0 Å². The smallest absolute Gasteiger partial charge is 0.120 e. The van der Waals surface area contributed by atoms with E-state index in [0.29, 0.717) is 11.3 Å². The van der Waals surface area contributed by atoms with E-state index < -0.39 is 20.1 Å². The second-order valence-electron chi connectivity index (χ2n) is 18.9. The molecule has 3 heterocycles. The molecule has 0 bridgehead atoms. The van der Waals surface area contributed by atoms with Crippen molar-refractivity contribution in [3.8, 4) is 28.3 Å². The third-order valence-corrected chi connectivity index (χ3v) is 9.79. The summed E-state index contributed by atoms with van der Waals surface area (Å²) in [7, 11) is 0. The number of benzene rings is 5. The average molecular weight is 966 g/mol. The SMILES string of the molecule is CC(C)(C)Cc1cccc(CC(C)(C)C)c1-n1c(-c2[c-]ccc3c2oc2ccccc23)nc2ccccc21.[2H]C([2H])([2H])c1c[c-]c(-c2cc(C([2H])([2H])[2H])c(C([2H])([2H])CC(C)(C)C)cn2)cc1.[Ir]. The van der Waals surface area contributed by atoms with Gasteiger partial charge in [-0.05, 0) is 89.3 Å². The molecule has 0 amide bonds. The maximum Gasteiger partial charge on any atom is 0.120 e. The Kier molecular flexibility index (Phi) is 10.0. The van der Waals surface area contributed by atoms with Crippen LogP contribution in [-0.2, 0) is 39.3 Å². The van der Waals surface area contributed by atoms with Gasteiger partial charge in [0.25, 0.3) is 0 Å². The van der Waals surface area contributed by atoms with E-state index in [4.69, 9.17) is 20.4 Å². The van der Waals surface area contributed by atoms with E-state index in [1.807, 2.05) is 39.0 Å². The standard InChI is InChI=1S/C35H35N2O.C19H24N.Ir/c1-34(2,3)21-23-13-11-14-24(22-35(4,5)6)31(23)37-29-19-9-8-18-28(29)36-33(37)27-17-12-16-26-25-15-7-10-20-30(25)38-32(26)27;1-14-6-8-16(9-7-14)18-12-15(2)17(13-20-18)10-11-19(3,4)5;/h7-16,18-20H,21-22H2,1-6H3;6-8,12-13H,10-11H2,1-5H3;/q2*-1;/i;1D3,2D3,10D2;. The van der Waals surface area contributed by atoms with E-state index in [2.05, 4.69) is 124 Å². The molecule has 5 aromatic carbocycles. The van der Waals surface area contributed by atoms with E-state index in [1.165, 1.54) is 47.3 Å². The fourth-order valence-electron chi connectivity index (χ4n) is 7.32. The maximum atomic E-state index is 8.42. The van der Waals surface area contributed by atoms with Crippen LogP contribution in [0.4, 0.5) is 0 Å². The van der Waals surface area contributed by atoms with Crippen LogP contribution in [0.1, 0.15) is 108 Å². The summed E-state index contributed by atoms with van der Waals surface area (Å²) in [5, 5.41) is 2.20. The molecule has 4 nitrogen and oxygen atoms in total. The molecule has 0 saturated carbocycles. The average Bonchev–Trinajstić information content (AvgIpc) is 3.77. The zero-order chi connectivity index (χ0) is 48.2. The summed E-state index contributed by atoms with van der Waals surface area (Å²) >= 11 is 0. The van der Waals surface area contributed by atoms with Gasteiger partial charge in [-0.1, -0.05) is 140 Å². The van der Waals surface area contributed by atoms with Gasteiger partial charge < -0.3 is 14.0 Å². The molecule has 8 aromatic rings. The van der Waals surface area contributed by atoms with Gasteiger partial charge in [-0.25, -0.2) is 0 Å². The Bertz CT molecular complexity index is 2980. The molecule has 0 fully saturated rings. The molecule has 59 heavy (non-hydrogen) atoms. The van der Waals surface area contributed by atoms with Gasteiger partial charge in [0.15, 0.2) is 0 Å². The summed E-state index contributed by atoms with van der Waals surface area (Å²) in [6, 6.07) is 39.6. The summed E-state index contributed by atoms with van der Waals surface area (Å²) in [4.78, 5) is 9.48. The topological polar surface area (TPSA) is 43.9 Å². The maximum absolute atomic E-state index is 8.42. The van der Waals surface area contributed by atoms with Crippen molar-refractivity contribution in [3.63, 3.8) is 0 Å². The predicted octanol–water partition coefficient (Wildman–Crippen LogP) is 14.7. The van der Waals surface area contributed by atoms with E-state index in [1.54, 1.807) is 0 Å². The van der Waals surface area contributed by atoms with Crippen LogP contribution in [-0.4, -0.2) is 14.5 Å². The van der Waals surface area contributed by atoms with Crippen LogP contribution in [0.5, 0.6) is 0 Å². The molecule has 0 atom stereocenters. The molecule has 0 spiro atoms. The summed E-state index contributed by atoms with van der Waals surface area (Å²) < 4.78 is 71.5. The van der Waals surface area contributed by atoms with Gasteiger partial charge in [-0.3, -0.25) is 4.98 Å². The Morgan fingerprint density at radius 1 is 0.729 bits per heavy atom. The molecule has 5 heteroatoms. The van der Waals surface area contributed by atoms with E-state index in [-0.39, 0.29) is 59.5 Å². The third-order valence-electron chi connectivity index (χ3n) is 9.79. The van der Waals surface area contributed by atoms with Crippen LogP contribution in [0.15, 0.2) is 114 Å². The zero-order valence-electron chi connectivity index (χ0n) is 43.6. The van der Waals surface area contributed by atoms with Gasteiger partial charge in [0.1, 0.15) is 5.58 Å². The molecule has 0 N–H and O–H groups in total. The first-order chi connectivity index (χ1) is 30.6. The molecule has 0 aliphatic carbocycles. The van der Waals surface area contributed by atoms with Gasteiger partial charge in [-0.15, -0.1) is 53.6 Å². The minimum atomic E-state index is -2.52. The van der Waals surface area contributed by atoms with Crippen molar-refractivity contribution in [3.05, 3.63) is 149 Å². The number of imidazole rings is 1. The number of aromatic nitrogens is 3. The van der Waals surface area contributed by atoms with Crippen molar-refractivity contribution >= 4 is 33.0 Å². The second-order valence-corrected chi connectivity index (χ2v) is 18.9. The van der Waals surface area contributed by atoms with Gasteiger partial charge in [0.05, 0.1) is 22.4 Å². The van der Waals surface area contributed by atoms with Crippen LogP contribution in [0.25, 0.3) is 61.3 Å². The van der Waals surface area contributed by atoms with Crippen LogP contribution >= 0.6 is 0 Å². The predicted molar refractivity (Wildman–Crippen MR) is 245 cm³/mol. The number of nitrogens with zero attached hydrogens (tertiary/aromatic N) is 3. The monoisotopic (exact) mass is 966 g/mol. The number of pyridine rings is 1. The summed E-state index contributed by atoms with van der Waals surface area (Å²) in [5.41, 5.74) is 9.33. The Morgan fingerprint density at radius 2 is 1.44 bits per heavy atom. The van der Waals surface area contributed by atoms with Crippen molar-refractivity contribution in [1.29, 1.82) is 0 Å². The van der Waals surface area contributed by atoms with Crippen molar-refractivity contribution in [2.24, 2.45) is 16.2 Å². The van der Waals surface area contributed by atoms with Crippen LogP contribution < -0.4 is 0 Å². The summed E-state index contributed by atoms with van der Waals surface area (Å²) in [5.74, 6) is 0.868. The molecule has 0 aliphatic heterocycles. The Balaban J connectivity index is 0.000000229. The quantitative estimate of drug-likeness (QED) is 0.150. The molecule has 0 unspecified atom stereocenters. The van der Waals surface area contributed by atoms with Crippen LogP contribution in [0, 0.1) is 42.1 Å². The van der Waals surface area contributed by atoms with Crippen molar-refractivity contribution in [2.45, 2.75) is 102 Å². The molecule has 0 aliphatic rings. The number of fused-ring (bicyclic) bond motifs is 4. The summed E-state index contributed by atoms with van der Waals surface area (Å²) in [6.07, 6.45) is 1.48. The fraction of sp³-hybridized carbons (Fsp3) is 0.333. The first-order valence-electron chi connectivity index (χ1n) is 24.0. The number of furan rings is 1. The second kappa shape index (κ2) is 17.4.